The highest BCUT2D eigenvalue weighted by Crippen LogP contribution is 2.08. The summed E-state index contributed by atoms with van der Waals surface area (Å²) in [5.41, 5.74) is 3.63. The minimum absolute atomic E-state index is 0.818. The van der Waals surface area contributed by atoms with Crippen molar-refractivity contribution in [2.75, 3.05) is 0 Å². The van der Waals surface area contributed by atoms with Crippen LogP contribution in [0.2, 0.25) is 0 Å². The number of aryl methyl sites for hydroxylation is 2. The van der Waals surface area contributed by atoms with Gasteiger partial charge in [0.1, 0.15) is 0 Å². The lowest BCUT2D eigenvalue weighted by atomic mass is 10.1. The first-order valence-corrected chi connectivity index (χ1v) is 6.15. The Bertz CT molecular complexity index is 465. The summed E-state index contributed by atoms with van der Waals surface area (Å²) in [6.07, 6.45) is 3.73. The van der Waals surface area contributed by atoms with E-state index in [2.05, 4.69) is 27.6 Å². The van der Waals surface area contributed by atoms with Crippen molar-refractivity contribution >= 4 is 11.3 Å². The van der Waals surface area contributed by atoms with Crippen LogP contribution in [0.5, 0.6) is 0 Å². The maximum atomic E-state index is 4.40. The Morgan fingerprint density at radius 2 is 2.19 bits per heavy atom. The number of hydrogen-bond donors (Lipinski definition) is 1. The molecule has 2 aromatic rings. The zero-order valence-corrected chi connectivity index (χ0v) is 10.3. The maximum Gasteiger partial charge on any atom is 0.0897 e. The molecule has 0 amide bonds. The van der Waals surface area contributed by atoms with Gasteiger partial charge in [-0.1, -0.05) is 0 Å². The summed E-state index contributed by atoms with van der Waals surface area (Å²) in [6, 6.07) is 2.03. The summed E-state index contributed by atoms with van der Waals surface area (Å²) in [7, 11) is 0. The molecule has 0 unspecified atom stereocenters. The van der Waals surface area contributed by atoms with Crippen molar-refractivity contribution in [3.63, 3.8) is 0 Å². The molecule has 0 aliphatic heterocycles. The van der Waals surface area contributed by atoms with Crippen molar-refractivity contribution in [1.82, 2.24) is 15.3 Å². The smallest absolute Gasteiger partial charge is 0.0897 e. The third-order valence-electron chi connectivity index (χ3n) is 2.44. The molecule has 0 aliphatic rings. The molecule has 0 atom stereocenters. The Morgan fingerprint density at radius 3 is 2.88 bits per heavy atom. The van der Waals surface area contributed by atoms with Gasteiger partial charge in [-0.15, -0.1) is 11.3 Å². The lowest BCUT2D eigenvalue weighted by Gasteiger charge is -2.05. The van der Waals surface area contributed by atoms with E-state index in [0.29, 0.717) is 0 Å². The lowest BCUT2D eigenvalue weighted by Crippen LogP contribution is -2.13. The number of pyridine rings is 1. The fraction of sp³-hybridized carbons (Fsp3) is 0.333. The molecule has 0 saturated carbocycles. The summed E-state index contributed by atoms with van der Waals surface area (Å²) >= 11 is 1.69. The van der Waals surface area contributed by atoms with Crippen molar-refractivity contribution in [3.05, 3.63) is 45.7 Å². The summed E-state index contributed by atoms with van der Waals surface area (Å²) < 4.78 is 0. The van der Waals surface area contributed by atoms with Gasteiger partial charge in [0.05, 0.1) is 10.7 Å². The van der Waals surface area contributed by atoms with Crippen molar-refractivity contribution in [2.24, 2.45) is 0 Å². The second-order valence-corrected chi connectivity index (χ2v) is 4.83. The highest BCUT2D eigenvalue weighted by Gasteiger charge is 1.99. The highest BCUT2D eigenvalue weighted by atomic mass is 32.1. The van der Waals surface area contributed by atoms with Crippen LogP contribution in [0.25, 0.3) is 0 Å². The van der Waals surface area contributed by atoms with Crippen molar-refractivity contribution < 1.29 is 0 Å². The van der Waals surface area contributed by atoms with Gasteiger partial charge in [0.25, 0.3) is 0 Å². The van der Waals surface area contributed by atoms with E-state index < -0.39 is 0 Å². The SMILES string of the molecule is Cc1nc(CNCc2cnccc2C)cs1. The number of aromatic nitrogens is 2. The van der Waals surface area contributed by atoms with Crippen LogP contribution in [-0.4, -0.2) is 9.97 Å². The molecule has 84 valence electrons. The van der Waals surface area contributed by atoms with Crippen LogP contribution in [0.1, 0.15) is 21.8 Å². The summed E-state index contributed by atoms with van der Waals surface area (Å²) in [4.78, 5) is 8.53. The third-order valence-corrected chi connectivity index (χ3v) is 3.26. The van der Waals surface area contributed by atoms with Crippen molar-refractivity contribution in [2.45, 2.75) is 26.9 Å². The van der Waals surface area contributed by atoms with Gasteiger partial charge >= 0.3 is 0 Å². The topological polar surface area (TPSA) is 37.8 Å². The average molecular weight is 233 g/mol. The fourth-order valence-corrected chi connectivity index (χ4v) is 2.11. The van der Waals surface area contributed by atoms with E-state index in [1.54, 1.807) is 11.3 Å². The van der Waals surface area contributed by atoms with E-state index >= 15 is 0 Å². The maximum absolute atomic E-state index is 4.40. The van der Waals surface area contributed by atoms with Crippen LogP contribution in [-0.2, 0) is 13.1 Å². The zero-order valence-electron chi connectivity index (χ0n) is 9.53. The van der Waals surface area contributed by atoms with Gasteiger partial charge in [-0.05, 0) is 31.0 Å². The molecular formula is C12H15N3S. The first-order valence-electron chi connectivity index (χ1n) is 5.27. The molecule has 4 heteroatoms. The van der Waals surface area contributed by atoms with Gasteiger partial charge in [-0.3, -0.25) is 4.98 Å². The molecule has 0 spiro atoms. The molecule has 0 bridgehead atoms. The standard InChI is InChI=1S/C12H15N3S/c1-9-3-4-13-5-11(9)6-14-7-12-8-16-10(2)15-12/h3-5,8,14H,6-7H2,1-2H3. The van der Waals surface area contributed by atoms with Crippen molar-refractivity contribution in [3.8, 4) is 0 Å². The molecule has 0 aromatic carbocycles. The third kappa shape index (κ3) is 2.87. The fourth-order valence-electron chi connectivity index (χ4n) is 1.50. The van der Waals surface area contributed by atoms with Crippen LogP contribution >= 0.6 is 11.3 Å². The molecular weight excluding hydrogens is 218 g/mol. The van der Waals surface area contributed by atoms with Crippen LogP contribution in [0.4, 0.5) is 0 Å². The van der Waals surface area contributed by atoms with E-state index in [-0.39, 0.29) is 0 Å². The van der Waals surface area contributed by atoms with Crippen LogP contribution in [0.3, 0.4) is 0 Å². The van der Waals surface area contributed by atoms with E-state index in [4.69, 9.17) is 0 Å². The van der Waals surface area contributed by atoms with Gasteiger partial charge < -0.3 is 5.32 Å². The molecule has 2 aromatic heterocycles. The predicted octanol–water partition coefficient (Wildman–Crippen LogP) is 2.44. The molecule has 1 N–H and O–H groups in total. The molecule has 0 saturated heterocycles. The number of nitrogens with zero attached hydrogens (tertiary/aromatic N) is 2. The number of hydrogen-bond acceptors (Lipinski definition) is 4. The first kappa shape index (κ1) is 11.2. The van der Waals surface area contributed by atoms with Crippen LogP contribution in [0, 0.1) is 13.8 Å². The summed E-state index contributed by atoms with van der Waals surface area (Å²) in [6.45, 7) is 5.79. The van der Waals surface area contributed by atoms with E-state index in [1.807, 2.05) is 25.4 Å². The number of rotatable bonds is 4. The minimum Gasteiger partial charge on any atom is -0.307 e. The molecule has 3 nitrogen and oxygen atoms in total. The van der Waals surface area contributed by atoms with Crippen LogP contribution in [0.15, 0.2) is 23.8 Å². The zero-order chi connectivity index (χ0) is 11.4. The van der Waals surface area contributed by atoms with Gasteiger partial charge in [-0.25, -0.2) is 4.98 Å². The molecule has 0 radical (unpaired) electrons. The Labute approximate surface area is 99.6 Å². The first-order chi connectivity index (χ1) is 7.75. The van der Waals surface area contributed by atoms with Gasteiger partial charge in [0, 0.05) is 30.9 Å². The van der Waals surface area contributed by atoms with E-state index in [1.165, 1.54) is 11.1 Å². The molecule has 16 heavy (non-hydrogen) atoms. The van der Waals surface area contributed by atoms with E-state index in [9.17, 15) is 0 Å². The van der Waals surface area contributed by atoms with E-state index in [0.717, 1.165) is 23.8 Å². The summed E-state index contributed by atoms with van der Waals surface area (Å²) in [5.74, 6) is 0. The van der Waals surface area contributed by atoms with Gasteiger partial charge in [-0.2, -0.15) is 0 Å². The predicted molar refractivity (Wildman–Crippen MR) is 66.4 cm³/mol. The van der Waals surface area contributed by atoms with Gasteiger partial charge in [0.15, 0.2) is 0 Å². The molecule has 0 fully saturated rings. The molecule has 2 rings (SSSR count). The lowest BCUT2D eigenvalue weighted by molar-refractivity contribution is 0.677. The summed E-state index contributed by atoms with van der Waals surface area (Å²) in [5, 5.41) is 6.59. The molecule has 0 aliphatic carbocycles. The number of thiazole rings is 1. The Kier molecular flexibility index (Phi) is 3.64. The quantitative estimate of drug-likeness (QED) is 0.881. The second-order valence-electron chi connectivity index (χ2n) is 3.76. The Hall–Kier alpha value is -1.26. The second kappa shape index (κ2) is 5.18. The largest absolute Gasteiger partial charge is 0.307 e. The highest BCUT2D eigenvalue weighted by molar-refractivity contribution is 7.09. The number of nitrogens with one attached hydrogen (secondary N) is 1. The normalized spacial score (nSPS) is 10.6. The Balaban J connectivity index is 1.87. The Morgan fingerprint density at radius 1 is 1.31 bits per heavy atom. The monoisotopic (exact) mass is 233 g/mol. The minimum atomic E-state index is 0.818. The van der Waals surface area contributed by atoms with Crippen molar-refractivity contribution in [1.29, 1.82) is 0 Å². The molecule has 2 heterocycles. The average Bonchev–Trinajstić information content (AvgIpc) is 2.67. The van der Waals surface area contributed by atoms with Crippen LogP contribution < -0.4 is 5.32 Å². The van der Waals surface area contributed by atoms with Gasteiger partial charge in [0.2, 0.25) is 0 Å².